The van der Waals surface area contributed by atoms with E-state index in [1.54, 1.807) is 12.1 Å². The van der Waals surface area contributed by atoms with Crippen molar-refractivity contribution in [3.8, 4) is 0 Å². The molecule has 17 heavy (non-hydrogen) atoms. The van der Waals surface area contributed by atoms with E-state index >= 15 is 0 Å². The number of nitrogens with one attached hydrogen (secondary N) is 2. The predicted octanol–water partition coefficient (Wildman–Crippen LogP) is 2.96. The maximum atomic E-state index is 13.4. The second-order valence-corrected chi connectivity index (χ2v) is 4.81. The average molecular weight is 259 g/mol. The molecular weight excluding hydrogens is 239 g/mol. The number of hydrogen-bond donors (Lipinski definition) is 2. The van der Waals surface area contributed by atoms with E-state index in [4.69, 9.17) is 11.6 Å². The highest BCUT2D eigenvalue weighted by molar-refractivity contribution is 6.30. The van der Waals surface area contributed by atoms with E-state index in [1.807, 2.05) is 0 Å². The highest BCUT2D eigenvalue weighted by Crippen LogP contribution is 2.14. The van der Waals surface area contributed by atoms with Crippen LogP contribution in [0.15, 0.2) is 18.2 Å². The van der Waals surface area contributed by atoms with Crippen LogP contribution in [0.1, 0.15) is 25.8 Å². The zero-order valence-electron chi connectivity index (χ0n) is 10.4. The van der Waals surface area contributed by atoms with Crippen molar-refractivity contribution in [3.63, 3.8) is 0 Å². The Labute approximate surface area is 108 Å². The summed E-state index contributed by atoms with van der Waals surface area (Å²) < 4.78 is 13.4. The molecule has 0 amide bonds. The van der Waals surface area contributed by atoms with E-state index in [0.29, 0.717) is 23.2 Å². The average Bonchev–Trinajstić information content (AvgIpc) is 2.25. The van der Waals surface area contributed by atoms with Crippen LogP contribution in [-0.4, -0.2) is 19.1 Å². The van der Waals surface area contributed by atoms with Crippen LogP contribution in [0.4, 0.5) is 4.39 Å². The SMILES string of the molecule is CC(C)NCCCNCc1ccc(Cl)cc1F. The molecule has 0 atom stereocenters. The van der Waals surface area contributed by atoms with Gasteiger partial charge in [-0.2, -0.15) is 0 Å². The Balaban J connectivity index is 2.18. The molecule has 1 rings (SSSR count). The summed E-state index contributed by atoms with van der Waals surface area (Å²) in [5.41, 5.74) is 0.659. The van der Waals surface area contributed by atoms with Crippen LogP contribution in [0.5, 0.6) is 0 Å². The zero-order chi connectivity index (χ0) is 12.7. The van der Waals surface area contributed by atoms with Crippen LogP contribution in [0.3, 0.4) is 0 Å². The second-order valence-electron chi connectivity index (χ2n) is 4.37. The Bertz CT molecular complexity index is 342. The summed E-state index contributed by atoms with van der Waals surface area (Å²) in [5.74, 6) is -0.245. The summed E-state index contributed by atoms with van der Waals surface area (Å²) in [6.45, 7) is 6.65. The van der Waals surface area contributed by atoms with Crippen LogP contribution in [0, 0.1) is 5.82 Å². The summed E-state index contributed by atoms with van der Waals surface area (Å²) in [7, 11) is 0. The molecule has 0 aliphatic carbocycles. The highest BCUT2D eigenvalue weighted by atomic mass is 35.5. The van der Waals surface area contributed by atoms with Crippen molar-refractivity contribution in [2.24, 2.45) is 0 Å². The van der Waals surface area contributed by atoms with Gasteiger partial charge in [0.15, 0.2) is 0 Å². The fourth-order valence-corrected chi connectivity index (χ4v) is 1.65. The molecule has 0 spiro atoms. The molecule has 0 radical (unpaired) electrons. The molecular formula is C13H20ClFN2. The molecule has 0 aromatic heterocycles. The third-order valence-corrected chi connectivity index (χ3v) is 2.65. The van der Waals surface area contributed by atoms with Gasteiger partial charge in [-0.3, -0.25) is 0 Å². The highest BCUT2D eigenvalue weighted by Gasteiger charge is 2.01. The molecule has 4 heteroatoms. The van der Waals surface area contributed by atoms with Gasteiger partial charge in [-0.1, -0.05) is 31.5 Å². The number of benzene rings is 1. The zero-order valence-corrected chi connectivity index (χ0v) is 11.1. The van der Waals surface area contributed by atoms with Gasteiger partial charge in [-0.25, -0.2) is 4.39 Å². The van der Waals surface area contributed by atoms with Crippen LogP contribution < -0.4 is 10.6 Å². The van der Waals surface area contributed by atoms with Gasteiger partial charge < -0.3 is 10.6 Å². The molecule has 2 nitrogen and oxygen atoms in total. The summed E-state index contributed by atoms with van der Waals surface area (Å²) in [6, 6.07) is 5.29. The maximum absolute atomic E-state index is 13.4. The van der Waals surface area contributed by atoms with E-state index in [0.717, 1.165) is 19.5 Å². The number of halogens is 2. The Hall–Kier alpha value is -0.640. The van der Waals surface area contributed by atoms with Gasteiger partial charge in [-0.05, 0) is 31.6 Å². The quantitative estimate of drug-likeness (QED) is 0.735. The summed E-state index contributed by atoms with van der Waals surface area (Å²) in [5, 5.41) is 6.98. The lowest BCUT2D eigenvalue weighted by Crippen LogP contribution is -2.26. The molecule has 0 fully saturated rings. The maximum Gasteiger partial charge on any atom is 0.129 e. The Morgan fingerprint density at radius 3 is 2.71 bits per heavy atom. The minimum absolute atomic E-state index is 0.245. The lowest BCUT2D eigenvalue weighted by atomic mass is 10.2. The van der Waals surface area contributed by atoms with Gasteiger partial charge in [0, 0.05) is 23.2 Å². The van der Waals surface area contributed by atoms with E-state index in [1.165, 1.54) is 6.07 Å². The van der Waals surface area contributed by atoms with E-state index in [9.17, 15) is 4.39 Å². The van der Waals surface area contributed by atoms with Crippen LogP contribution in [0.2, 0.25) is 5.02 Å². The molecule has 0 aliphatic heterocycles. The molecule has 0 saturated carbocycles. The second kappa shape index (κ2) is 7.64. The summed E-state index contributed by atoms with van der Waals surface area (Å²) in [6.07, 6.45) is 1.04. The van der Waals surface area contributed by atoms with E-state index in [2.05, 4.69) is 24.5 Å². The van der Waals surface area contributed by atoms with Crippen molar-refractivity contribution in [1.29, 1.82) is 0 Å². The van der Waals surface area contributed by atoms with Gasteiger partial charge in [-0.15, -0.1) is 0 Å². The molecule has 1 aromatic rings. The van der Waals surface area contributed by atoms with Crippen molar-refractivity contribution in [3.05, 3.63) is 34.6 Å². The topological polar surface area (TPSA) is 24.1 Å². The molecule has 0 heterocycles. The first kappa shape index (κ1) is 14.4. The lowest BCUT2D eigenvalue weighted by Gasteiger charge is -2.09. The fraction of sp³-hybridized carbons (Fsp3) is 0.538. The van der Waals surface area contributed by atoms with Crippen molar-refractivity contribution in [1.82, 2.24) is 10.6 Å². The monoisotopic (exact) mass is 258 g/mol. The normalized spacial score (nSPS) is 11.1. The third kappa shape index (κ3) is 6.01. The third-order valence-electron chi connectivity index (χ3n) is 2.41. The number of rotatable bonds is 7. The Morgan fingerprint density at radius 2 is 2.06 bits per heavy atom. The molecule has 0 saturated heterocycles. The molecule has 2 N–H and O–H groups in total. The van der Waals surface area contributed by atoms with Gasteiger partial charge in [0.1, 0.15) is 5.82 Å². The molecule has 1 aromatic carbocycles. The van der Waals surface area contributed by atoms with Gasteiger partial charge >= 0.3 is 0 Å². The molecule has 0 unspecified atom stereocenters. The van der Waals surface area contributed by atoms with Crippen molar-refractivity contribution >= 4 is 11.6 Å². The van der Waals surface area contributed by atoms with E-state index < -0.39 is 0 Å². The minimum Gasteiger partial charge on any atom is -0.314 e. The van der Waals surface area contributed by atoms with Crippen molar-refractivity contribution < 1.29 is 4.39 Å². The Kier molecular flexibility index (Phi) is 6.48. The standard InChI is InChI=1S/C13H20ClFN2/c1-10(2)17-7-3-6-16-9-11-4-5-12(14)8-13(11)15/h4-5,8,10,16-17H,3,6-7,9H2,1-2H3. The van der Waals surface area contributed by atoms with Crippen molar-refractivity contribution in [2.45, 2.75) is 32.9 Å². The summed E-state index contributed by atoms with van der Waals surface area (Å²) in [4.78, 5) is 0. The first-order valence-corrected chi connectivity index (χ1v) is 6.35. The molecule has 0 aliphatic rings. The number of hydrogen-bond acceptors (Lipinski definition) is 2. The van der Waals surface area contributed by atoms with E-state index in [-0.39, 0.29) is 5.82 Å². The molecule has 96 valence electrons. The minimum atomic E-state index is -0.245. The first-order chi connectivity index (χ1) is 8.09. The van der Waals surface area contributed by atoms with Crippen LogP contribution in [-0.2, 0) is 6.54 Å². The lowest BCUT2D eigenvalue weighted by molar-refractivity contribution is 0.539. The van der Waals surface area contributed by atoms with Crippen LogP contribution >= 0.6 is 11.6 Å². The summed E-state index contributed by atoms with van der Waals surface area (Å²) >= 11 is 5.68. The van der Waals surface area contributed by atoms with Gasteiger partial charge in [0.2, 0.25) is 0 Å². The van der Waals surface area contributed by atoms with Gasteiger partial charge in [0.05, 0.1) is 0 Å². The Morgan fingerprint density at radius 1 is 1.29 bits per heavy atom. The van der Waals surface area contributed by atoms with Crippen molar-refractivity contribution in [2.75, 3.05) is 13.1 Å². The first-order valence-electron chi connectivity index (χ1n) is 5.97. The fourth-order valence-electron chi connectivity index (χ4n) is 1.49. The largest absolute Gasteiger partial charge is 0.314 e. The van der Waals surface area contributed by atoms with Gasteiger partial charge in [0.25, 0.3) is 0 Å². The van der Waals surface area contributed by atoms with Crippen LogP contribution in [0.25, 0.3) is 0 Å². The molecule has 0 bridgehead atoms. The predicted molar refractivity (Wildman–Crippen MR) is 70.9 cm³/mol. The smallest absolute Gasteiger partial charge is 0.129 e.